The van der Waals surface area contributed by atoms with Crippen molar-refractivity contribution in [2.75, 3.05) is 26.2 Å². The number of benzene rings is 1. The van der Waals surface area contributed by atoms with Crippen LogP contribution >= 0.6 is 12.4 Å². The fourth-order valence-electron chi connectivity index (χ4n) is 3.12. The van der Waals surface area contributed by atoms with Gasteiger partial charge >= 0.3 is 0 Å². The van der Waals surface area contributed by atoms with E-state index in [1.807, 2.05) is 40.1 Å². The third-order valence-corrected chi connectivity index (χ3v) is 4.32. The Kier molecular flexibility index (Phi) is 9.53. The molecule has 0 bridgehead atoms. The number of piperazine rings is 1. The molecule has 1 aliphatic rings. The topological polar surface area (TPSA) is 52.7 Å². The molecule has 0 saturated carbocycles. The van der Waals surface area contributed by atoms with Gasteiger partial charge in [-0.1, -0.05) is 44.2 Å². The quantitative estimate of drug-likeness (QED) is 0.767. The van der Waals surface area contributed by atoms with Crippen molar-refractivity contribution in [2.24, 2.45) is 0 Å². The monoisotopic (exact) mass is 367 g/mol. The molecule has 1 aliphatic heterocycles. The van der Waals surface area contributed by atoms with Gasteiger partial charge in [0, 0.05) is 32.7 Å². The van der Waals surface area contributed by atoms with Crippen LogP contribution in [0.1, 0.15) is 38.7 Å². The number of amides is 2. The Balaban J connectivity index is 0.00000312. The van der Waals surface area contributed by atoms with E-state index in [0.29, 0.717) is 13.1 Å². The van der Waals surface area contributed by atoms with Crippen molar-refractivity contribution in [2.45, 2.75) is 45.7 Å². The summed E-state index contributed by atoms with van der Waals surface area (Å²) in [5.41, 5.74) is 1.12. The summed E-state index contributed by atoms with van der Waals surface area (Å²) in [6.07, 6.45) is 2.14. The molecule has 1 saturated heterocycles. The molecule has 1 unspecified atom stereocenters. The Morgan fingerprint density at radius 1 is 1.20 bits per heavy atom. The zero-order chi connectivity index (χ0) is 17.4. The first kappa shape index (κ1) is 21.5. The fourth-order valence-corrected chi connectivity index (χ4v) is 3.12. The molecule has 1 heterocycles. The lowest BCUT2D eigenvalue weighted by Gasteiger charge is -2.34. The number of nitrogens with one attached hydrogen (secondary N) is 1. The minimum Gasteiger partial charge on any atom is -0.343 e. The number of carbonyl (C=O) groups is 2. The van der Waals surface area contributed by atoms with Crippen molar-refractivity contribution < 1.29 is 9.59 Å². The zero-order valence-corrected chi connectivity index (χ0v) is 16.1. The minimum absolute atomic E-state index is 0. The molecular formula is C19H30ClN3O2. The van der Waals surface area contributed by atoms with Crippen molar-refractivity contribution >= 4 is 24.2 Å². The maximum atomic E-state index is 12.7. The summed E-state index contributed by atoms with van der Waals surface area (Å²) in [5, 5.41) is 3.22. The van der Waals surface area contributed by atoms with Crippen molar-refractivity contribution in [1.82, 2.24) is 15.1 Å². The van der Waals surface area contributed by atoms with Crippen LogP contribution in [0.3, 0.4) is 0 Å². The highest BCUT2D eigenvalue weighted by Gasteiger charge is 2.31. The molecule has 0 radical (unpaired) electrons. The molecule has 1 aromatic carbocycles. The molecule has 1 fully saturated rings. The molecular weight excluding hydrogens is 338 g/mol. The van der Waals surface area contributed by atoms with Gasteiger partial charge in [-0.3, -0.25) is 9.59 Å². The van der Waals surface area contributed by atoms with Gasteiger partial charge in [0.05, 0.1) is 12.5 Å². The molecule has 1 N–H and O–H groups in total. The van der Waals surface area contributed by atoms with E-state index in [1.165, 1.54) is 0 Å². The average molecular weight is 368 g/mol. The van der Waals surface area contributed by atoms with Crippen molar-refractivity contribution in [3.8, 4) is 0 Å². The van der Waals surface area contributed by atoms with E-state index in [9.17, 15) is 9.59 Å². The van der Waals surface area contributed by atoms with Crippen molar-refractivity contribution in [3.05, 3.63) is 35.9 Å². The maximum absolute atomic E-state index is 12.7. The Hall–Kier alpha value is -1.59. The molecule has 1 aromatic rings. The van der Waals surface area contributed by atoms with Gasteiger partial charge in [-0.25, -0.2) is 0 Å². The Morgan fingerprint density at radius 3 is 2.44 bits per heavy atom. The van der Waals surface area contributed by atoms with Gasteiger partial charge in [0.25, 0.3) is 0 Å². The van der Waals surface area contributed by atoms with Gasteiger partial charge in [-0.05, 0) is 18.4 Å². The van der Waals surface area contributed by atoms with E-state index in [-0.39, 0.29) is 30.6 Å². The molecule has 5 nitrogen and oxygen atoms in total. The lowest BCUT2D eigenvalue weighted by molar-refractivity contribution is -0.141. The highest BCUT2D eigenvalue weighted by Crippen LogP contribution is 2.12. The average Bonchev–Trinajstić information content (AvgIpc) is 2.59. The molecule has 2 rings (SSSR count). The number of hydrogen-bond acceptors (Lipinski definition) is 3. The highest BCUT2D eigenvalue weighted by molar-refractivity contribution is 5.89. The largest absolute Gasteiger partial charge is 0.343 e. The number of rotatable bonds is 8. The van der Waals surface area contributed by atoms with Crippen molar-refractivity contribution in [3.63, 3.8) is 0 Å². The summed E-state index contributed by atoms with van der Waals surface area (Å²) < 4.78 is 0. The van der Waals surface area contributed by atoms with Gasteiger partial charge in [-0.2, -0.15) is 0 Å². The number of carbonyl (C=O) groups excluding carboxylic acids is 2. The summed E-state index contributed by atoms with van der Waals surface area (Å²) in [5.74, 6) is 0.109. The first-order valence-corrected chi connectivity index (χ1v) is 8.99. The first-order chi connectivity index (χ1) is 11.7. The molecule has 0 spiro atoms. The van der Waals surface area contributed by atoms with Crippen LogP contribution < -0.4 is 5.32 Å². The predicted octanol–water partition coefficient (Wildman–Crippen LogP) is 2.45. The van der Waals surface area contributed by atoms with Crippen LogP contribution in [0.4, 0.5) is 0 Å². The summed E-state index contributed by atoms with van der Waals surface area (Å²) in [4.78, 5) is 28.9. The van der Waals surface area contributed by atoms with Gasteiger partial charge in [0.1, 0.15) is 0 Å². The van der Waals surface area contributed by atoms with Crippen LogP contribution in [0, 0.1) is 0 Å². The highest BCUT2D eigenvalue weighted by atomic mass is 35.5. The van der Waals surface area contributed by atoms with Gasteiger partial charge in [0.15, 0.2) is 0 Å². The SMILES string of the molecule is CCCN(CCC)C(=O)CC1NCCN(Cc2ccccc2)C1=O.Cl. The Bertz CT molecular complexity index is 533. The second-order valence-electron chi connectivity index (χ2n) is 6.34. The summed E-state index contributed by atoms with van der Waals surface area (Å²) in [7, 11) is 0. The summed E-state index contributed by atoms with van der Waals surface area (Å²) in [6.45, 7) is 7.70. The van der Waals surface area contributed by atoms with Gasteiger partial charge < -0.3 is 15.1 Å². The second kappa shape index (κ2) is 11.1. The van der Waals surface area contributed by atoms with Crippen LogP contribution in [-0.2, 0) is 16.1 Å². The lowest BCUT2D eigenvalue weighted by atomic mass is 10.1. The molecule has 6 heteroatoms. The minimum atomic E-state index is -0.397. The van der Waals surface area contributed by atoms with Crippen LogP contribution in [0.5, 0.6) is 0 Å². The van der Waals surface area contributed by atoms with Crippen LogP contribution in [-0.4, -0.2) is 53.8 Å². The molecule has 140 valence electrons. The smallest absolute Gasteiger partial charge is 0.240 e. The standard InChI is InChI=1S/C19H29N3O2.ClH/c1-3-11-21(12-4-2)18(23)14-17-19(24)22(13-10-20-17)15-16-8-6-5-7-9-16;/h5-9,17,20H,3-4,10-15H2,1-2H3;1H. The fraction of sp³-hybridized carbons (Fsp3) is 0.579. The van der Waals surface area contributed by atoms with E-state index in [2.05, 4.69) is 19.2 Å². The second-order valence-corrected chi connectivity index (χ2v) is 6.34. The number of hydrogen-bond donors (Lipinski definition) is 1. The third-order valence-electron chi connectivity index (χ3n) is 4.32. The van der Waals surface area contributed by atoms with E-state index < -0.39 is 6.04 Å². The zero-order valence-electron chi connectivity index (χ0n) is 15.2. The first-order valence-electron chi connectivity index (χ1n) is 8.99. The van der Waals surface area contributed by atoms with Crippen molar-refractivity contribution in [1.29, 1.82) is 0 Å². The predicted molar refractivity (Wildman–Crippen MR) is 103 cm³/mol. The molecule has 25 heavy (non-hydrogen) atoms. The Labute approximate surface area is 157 Å². The summed E-state index contributed by atoms with van der Waals surface area (Å²) in [6, 6.07) is 9.60. The van der Waals surface area contributed by atoms with E-state index in [0.717, 1.165) is 38.0 Å². The molecule has 0 aromatic heterocycles. The Morgan fingerprint density at radius 2 is 1.84 bits per heavy atom. The van der Waals surface area contributed by atoms with Crippen LogP contribution in [0.2, 0.25) is 0 Å². The third kappa shape index (κ3) is 6.33. The number of nitrogens with zero attached hydrogens (tertiary/aromatic N) is 2. The number of halogens is 1. The molecule has 2 amide bonds. The van der Waals surface area contributed by atoms with Crippen LogP contribution in [0.15, 0.2) is 30.3 Å². The van der Waals surface area contributed by atoms with Gasteiger partial charge in [-0.15, -0.1) is 12.4 Å². The van der Waals surface area contributed by atoms with E-state index >= 15 is 0 Å². The van der Waals surface area contributed by atoms with Gasteiger partial charge in [0.2, 0.25) is 11.8 Å². The van der Waals surface area contributed by atoms with E-state index in [1.54, 1.807) is 0 Å². The maximum Gasteiger partial charge on any atom is 0.240 e. The van der Waals surface area contributed by atoms with E-state index in [4.69, 9.17) is 0 Å². The normalized spacial score (nSPS) is 17.1. The summed E-state index contributed by atoms with van der Waals surface area (Å²) >= 11 is 0. The van der Waals surface area contributed by atoms with Crippen LogP contribution in [0.25, 0.3) is 0 Å². The lowest BCUT2D eigenvalue weighted by Crippen LogP contribution is -2.56. The molecule has 1 atom stereocenters. The molecule has 0 aliphatic carbocycles.